The Balaban J connectivity index is 1.57. The van der Waals surface area contributed by atoms with Crippen LogP contribution >= 0.6 is 23.2 Å². The molecule has 0 aliphatic carbocycles. The molecule has 1 aliphatic heterocycles. The fraction of sp³-hybridized carbons (Fsp3) is 0.350. The molecule has 3 N–H and O–H groups in total. The highest BCUT2D eigenvalue weighted by atomic mass is 35.5. The molecule has 31 heavy (non-hydrogen) atoms. The van der Waals surface area contributed by atoms with Crippen LogP contribution in [0.2, 0.25) is 10.0 Å². The topological polar surface area (TPSA) is 77.9 Å². The average Bonchev–Trinajstić information content (AvgIpc) is 2.73. The fourth-order valence-corrected chi connectivity index (χ4v) is 3.58. The smallest absolute Gasteiger partial charge is 0.404 e. The quantitative estimate of drug-likeness (QED) is 0.545. The van der Waals surface area contributed by atoms with Crippen molar-refractivity contribution >= 4 is 34.5 Å². The van der Waals surface area contributed by atoms with Gasteiger partial charge in [0.15, 0.2) is 0 Å². The van der Waals surface area contributed by atoms with Crippen LogP contribution in [-0.4, -0.2) is 52.8 Å². The molecule has 0 unspecified atom stereocenters. The van der Waals surface area contributed by atoms with E-state index in [2.05, 4.69) is 19.9 Å². The number of aliphatic hydroxyl groups is 2. The Morgan fingerprint density at radius 2 is 2.00 bits per heavy atom. The molecule has 1 aromatic carbocycles. The van der Waals surface area contributed by atoms with Gasteiger partial charge in [0.2, 0.25) is 0 Å². The maximum Gasteiger partial charge on any atom is 0.573 e. The molecule has 1 aliphatic rings. The van der Waals surface area contributed by atoms with Gasteiger partial charge in [-0.15, -0.1) is 13.2 Å². The summed E-state index contributed by atoms with van der Waals surface area (Å²) in [5, 5.41) is 22.1. The number of alkyl halides is 3. The summed E-state index contributed by atoms with van der Waals surface area (Å²) in [7, 11) is 0. The molecular formula is C20H20Cl2F3N3O3. The molecule has 1 aromatic heterocycles. The van der Waals surface area contributed by atoms with Crippen molar-refractivity contribution in [3.63, 3.8) is 0 Å². The first-order valence-corrected chi connectivity index (χ1v) is 10.1. The molecule has 1 atom stereocenters. The van der Waals surface area contributed by atoms with Crippen LogP contribution in [0, 0.1) is 0 Å². The predicted molar refractivity (Wildman–Crippen MR) is 112 cm³/mol. The lowest BCUT2D eigenvalue weighted by molar-refractivity contribution is -0.274. The van der Waals surface area contributed by atoms with Crippen molar-refractivity contribution in [2.45, 2.75) is 18.9 Å². The number of pyridine rings is 1. The van der Waals surface area contributed by atoms with E-state index in [-0.39, 0.29) is 5.02 Å². The van der Waals surface area contributed by atoms with Gasteiger partial charge in [0.1, 0.15) is 11.9 Å². The highest BCUT2D eigenvalue weighted by Crippen LogP contribution is 2.32. The van der Waals surface area contributed by atoms with Gasteiger partial charge in [0, 0.05) is 30.5 Å². The van der Waals surface area contributed by atoms with Crippen LogP contribution in [0.5, 0.6) is 5.75 Å². The van der Waals surface area contributed by atoms with Crippen molar-refractivity contribution in [3.05, 3.63) is 57.8 Å². The molecule has 0 saturated carbocycles. The van der Waals surface area contributed by atoms with Crippen LogP contribution in [0.4, 0.5) is 18.9 Å². The Morgan fingerprint density at radius 3 is 2.58 bits per heavy atom. The van der Waals surface area contributed by atoms with Crippen molar-refractivity contribution < 1.29 is 28.1 Å². The standard InChI is InChI=1S/C20H20Cl2F3N3O3/c21-15-8-14(1-2-18(15)31-20(23,24)25)27-11-28-5-3-12(4-6-28)19-16(22)7-13(9-26-19)17(30)10-29/h1-3,7-9,17,27,29-30H,4-6,10-11H2/t17-/m1/s1. The van der Waals surface area contributed by atoms with Gasteiger partial charge >= 0.3 is 6.36 Å². The Labute approximate surface area is 186 Å². The Morgan fingerprint density at radius 1 is 1.23 bits per heavy atom. The number of aromatic nitrogens is 1. The minimum absolute atomic E-state index is 0.140. The minimum Gasteiger partial charge on any atom is -0.404 e. The van der Waals surface area contributed by atoms with Crippen molar-refractivity contribution in [3.8, 4) is 5.75 Å². The number of hydrogen-bond donors (Lipinski definition) is 3. The number of hydrogen-bond acceptors (Lipinski definition) is 6. The molecular weight excluding hydrogens is 458 g/mol. The van der Waals surface area contributed by atoms with E-state index in [9.17, 15) is 18.3 Å². The van der Waals surface area contributed by atoms with E-state index in [0.717, 1.165) is 11.6 Å². The van der Waals surface area contributed by atoms with Crippen molar-refractivity contribution in [2.24, 2.45) is 0 Å². The Kier molecular flexibility index (Phi) is 7.66. The predicted octanol–water partition coefficient (Wildman–Crippen LogP) is 4.47. The van der Waals surface area contributed by atoms with E-state index in [1.807, 2.05) is 6.08 Å². The van der Waals surface area contributed by atoms with Crippen LogP contribution in [-0.2, 0) is 0 Å². The summed E-state index contributed by atoms with van der Waals surface area (Å²) >= 11 is 12.2. The van der Waals surface area contributed by atoms with Crippen LogP contribution in [0.15, 0.2) is 36.5 Å². The lowest BCUT2D eigenvalue weighted by atomic mass is 10.0. The summed E-state index contributed by atoms with van der Waals surface area (Å²) in [6, 6.07) is 5.59. The van der Waals surface area contributed by atoms with Gasteiger partial charge in [-0.25, -0.2) is 0 Å². The van der Waals surface area contributed by atoms with Gasteiger partial charge in [-0.1, -0.05) is 29.3 Å². The minimum atomic E-state index is -4.80. The number of nitrogens with one attached hydrogen (secondary N) is 1. The lowest BCUT2D eigenvalue weighted by Crippen LogP contribution is -2.33. The molecule has 2 aromatic rings. The molecule has 0 amide bonds. The second kappa shape index (κ2) is 10.1. The first-order chi connectivity index (χ1) is 14.7. The molecule has 2 heterocycles. The third kappa shape index (κ3) is 6.47. The van der Waals surface area contributed by atoms with Gasteiger partial charge in [-0.3, -0.25) is 9.88 Å². The lowest BCUT2D eigenvalue weighted by Gasteiger charge is -2.27. The van der Waals surface area contributed by atoms with Gasteiger partial charge in [-0.05, 0) is 36.3 Å². The summed E-state index contributed by atoms with van der Waals surface area (Å²) in [5.74, 6) is -0.452. The van der Waals surface area contributed by atoms with Crippen molar-refractivity contribution in [1.29, 1.82) is 0 Å². The SMILES string of the molecule is OC[C@@H](O)c1cnc(C2=CCN(CNc3ccc(OC(F)(F)F)c(Cl)c3)CC2)c(Cl)c1. The van der Waals surface area contributed by atoms with Gasteiger partial charge in [-0.2, -0.15) is 0 Å². The fourth-order valence-electron chi connectivity index (χ4n) is 3.07. The number of nitrogens with zero attached hydrogens (tertiary/aromatic N) is 2. The summed E-state index contributed by atoms with van der Waals surface area (Å²) in [6.07, 6.45) is -1.65. The van der Waals surface area contributed by atoms with Crippen LogP contribution in [0.25, 0.3) is 5.57 Å². The van der Waals surface area contributed by atoms with E-state index in [1.165, 1.54) is 18.3 Å². The third-order valence-electron chi connectivity index (χ3n) is 4.68. The summed E-state index contributed by atoms with van der Waals surface area (Å²) in [4.78, 5) is 6.41. The molecule has 0 bridgehead atoms. The van der Waals surface area contributed by atoms with Crippen LogP contribution in [0.1, 0.15) is 23.8 Å². The number of ether oxygens (including phenoxy) is 1. The average molecular weight is 478 g/mol. The Hall–Kier alpha value is -2.04. The van der Waals surface area contributed by atoms with E-state index < -0.39 is 24.8 Å². The molecule has 0 spiro atoms. The van der Waals surface area contributed by atoms with Crippen LogP contribution < -0.4 is 10.1 Å². The number of halogens is 5. The first-order valence-electron chi connectivity index (χ1n) is 9.31. The van der Waals surface area contributed by atoms with Gasteiger partial charge in [0.05, 0.1) is 29.0 Å². The number of benzene rings is 1. The van der Waals surface area contributed by atoms with Crippen molar-refractivity contribution in [1.82, 2.24) is 9.88 Å². The normalized spacial score (nSPS) is 16.0. The van der Waals surface area contributed by atoms with Crippen molar-refractivity contribution in [2.75, 3.05) is 31.7 Å². The van der Waals surface area contributed by atoms with E-state index in [4.69, 9.17) is 28.3 Å². The largest absolute Gasteiger partial charge is 0.573 e. The van der Waals surface area contributed by atoms with Gasteiger partial charge < -0.3 is 20.3 Å². The molecule has 11 heteroatoms. The molecule has 6 nitrogen and oxygen atoms in total. The molecule has 0 fully saturated rings. The third-order valence-corrected chi connectivity index (χ3v) is 5.27. The first kappa shape index (κ1) is 23.6. The number of rotatable bonds is 7. The molecule has 0 saturated heterocycles. The second-order valence-corrected chi connectivity index (χ2v) is 7.70. The zero-order chi connectivity index (χ0) is 22.6. The number of aliphatic hydroxyl groups excluding tert-OH is 2. The molecule has 3 rings (SSSR count). The maximum absolute atomic E-state index is 12.3. The van der Waals surface area contributed by atoms with E-state index in [0.29, 0.717) is 48.1 Å². The molecule has 168 valence electrons. The summed E-state index contributed by atoms with van der Waals surface area (Å²) in [6.45, 7) is 1.37. The highest BCUT2D eigenvalue weighted by molar-refractivity contribution is 6.32. The van der Waals surface area contributed by atoms with Gasteiger partial charge in [0.25, 0.3) is 0 Å². The van der Waals surface area contributed by atoms with E-state index in [1.54, 1.807) is 6.07 Å². The van der Waals surface area contributed by atoms with E-state index >= 15 is 0 Å². The number of anilines is 1. The highest BCUT2D eigenvalue weighted by Gasteiger charge is 2.32. The maximum atomic E-state index is 12.3. The monoisotopic (exact) mass is 477 g/mol. The summed E-state index contributed by atoms with van der Waals surface area (Å²) in [5.41, 5.74) is 2.62. The second-order valence-electron chi connectivity index (χ2n) is 6.88. The zero-order valence-corrected chi connectivity index (χ0v) is 17.7. The van der Waals surface area contributed by atoms with Crippen LogP contribution in [0.3, 0.4) is 0 Å². The zero-order valence-electron chi connectivity index (χ0n) is 16.2. The summed E-state index contributed by atoms with van der Waals surface area (Å²) < 4.78 is 40.8. The molecule has 0 radical (unpaired) electrons. The Bertz CT molecular complexity index is 957.